The van der Waals surface area contributed by atoms with E-state index in [2.05, 4.69) is 93.7 Å². The van der Waals surface area contributed by atoms with E-state index in [9.17, 15) is 14.4 Å². The van der Waals surface area contributed by atoms with E-state index in [0.717, 1.165) is 77.0 Å². The van der Waals surface area contributed by atoms with Crippen LogP contribution in [0.3, 0.4) is 0 Å². The minimum atomic E-state index is -0.848. The summed E-state index contributed by atoms with van der Waals surface area (Å²) in [5.74, 6) is -1.11. The standard InChI is InChI=1S/C57H88O6/c1-4-7-10-13-16-19-22-25-26-27-28-29-30-33-35-38-41-44-47-50-56(59)62-53-54(63-57(60)51-48-45-42-39-36-32-24-21-18-15-12-9-6-3)52-61-55(58)49-46-43-40-37-34-31-23-20-17-14-11-8-5-2/h7,9-10,12,15-16,18-19,21,24-26,28-29,31-32,34,36,39-40,42-43,54H,4-6,8,11,13-14,17,20,22-23,27,30,33,35,37-38,41,44-53H2,1-3H3/b10-7+,12-9+,18-15+,19-16+,24-21+,26-25+,29-28+,34-31+,36-32+,42-39+,43-40+. The molecule has 1 unspecified atom stereocenters. The SMILES string of the molecule is CC/C=C/C=C/C=C/C=C/C=C/CCCC(=O)OC(COC(=O)CC/C=C/C/C=C/CCCCCCCC)COC(=O)CCCCCCCC/C=C/C/C=C/C/C=C/C/C=C/CC. The highest BCUT2D eigenvalue weighted by Gasteiger charge is 2.19. The van der Waals surface area contributed by atoms with Gasteiger partial charge in [-0.3, -0.25) is 14.4 Å². The summed E-state index contributed by atoms with van der Waals surface area (Å²) in [5, 5.41) is 0. The van der Waals surface area contributed by atoms with Gasteiger partial charge < -0.3 is 14.2 Å². The van der Waals surface area contributed by atoms with Crippen molar-refractivity contribution in [1.82, 2.24) is 0 Å². The van der Waals surface area contributed by atoms with Crippen molar-refractivity contribution in [3.05, 3.63) is 134 Å². The van der Waals surface area contributed by atoms with Crippen molar-refractivity contribution in [2.24, 2.45) is 0 Å². The van der Waals surface area contributed by atoms with Crippen LogP contribution in [0.25, 0.3) is 0 Å². The van der Waals surface area contributed by atoms with Gasteiger partial charge in [0.25, 0.3) is 0 Å². The second-order valence-corrected chi connectivity index (χ2v) is 15.7. The van der Waals surface area contributed by atoms with E-state index in [4.69, 9.17) is 14.2 Å². The van der Waals surface area contributed by atoms with Gasteiger partial charge in [-0.2, -0.15) is 0 Å². The van der Waals surface area contributed by atoms with E-state index < -0.39 is 12.1 Å². The van der Waals surface area contributed by atoms with E-state index in [1.54, 1.807) is 0 Å². The number of hydrogen-bond donors (Lipinski definition) is 0. The lowest BCUT2D eigenvalue weighted by atomic mass is 10.1. The summed E-state index contributed by atoms with van der Waals surface area (Å²) in [5.41, 5.74) is 0. The van der Waals surface area contributed by atoms with Crippen molar-refractivity contribution < 1.29 is 28.6 Å². The van der Waals surface area contributed by atoms with Gasteiger partial charge in [-0.1, -0.05) is 212 Å². The molecule has 0 aromatic carbocycles. The highest BCUT2D eigenvalue weighted by molar-refractivity contribution is 5.71. The van der Waals surface area contributed by atoms with Crippen LogP contribution in [-0.2, 0) is 28.6 Å². The zero-order valence-electron chi connectivity index (χ0n) is 40.0. The number of unbranched alkanes of at least 4 members (excludes halogenated alkanes) is 13. The molecule has 0 amide bonds. The summed E-state index contributed by atoms with van der Waals surface area (Å²) >= 11 is 0. The number of carbonyl (C=O) groups excluding carboxylic acids is 3. The third-order valence-electron chi connectivity index (χ3n) is 9.76. The number of ether oxygens (including phenoxy) is 3. The van der Waals surface area contributed by atoms with E-state index in [1.807, 2.05) is 60.8 Å². The summed E-state index contributed by atoms with van der Waals surface area (Å²) in [4.78, 5) is 37.8. The average molecular weight is 869 g/mol. The molecule has 63 heavy (non-hydrogen) atoms. The fourth-order valence-electron chi connectivity index (χ4n) is 6.10. The molecule has 6 heteroatoms. The molecule has 0 aromatic heterocycles. The van der Waals surface area contributed by atoms with E-state index >= 15 is 0 Å². The largest absolute Gasteiger partial charge is 0.462 e. The minimum Gasteiger partial charge on any atom is -0.462 e. The average Bonchev–Trinajstić information content (AvgIpc) is 3.28. The number of carbonyl (C=O) groups is 3. The molecule has 0 spiro atoms. The van der Waals surface area contributed by atoms with Crippen LogP contribution in [0.1, 0.15) is 188 Å². The van der Waals surface area contributed by atoms with E-state index in [0.29, 0.717) is 25.7 Å². The molecule has 0 aliphatic rings. The Balaban J connectivity index is 4.57. The number of rotatable bonds is 42. The van der Waals surface area contributed by atoms with Crippen LogP contribution >= 0.6 is 0 Å². The van der Waals surface area contributed by atoms with Crippen molar-refractivity contribution in [2.75, 3.05) is 13.2 Å². The third-order valence-corrected chi connectivity index (χ3v) is 9.76. The maximum absolute atomic E-state index is 12.7. The summed E-state index contributed by atoms with van der Waals surface area (Å²) in [6, 6.07) is 0. The van der Waals surface area contributed by atoms with Crippen molar-refractivity contribution in [3.8, 4) is 0 Å². The molecule has 0 saturated heterocycles. The molecule has 0 fully saturated rings. The van der Waals surface area contributed by atoms with Crippen LogP contribution in [0.2, 0.25) is 0 Å². The highest BCUT2D eigenvalue weighted by atomic mass is 16.6. The molecule has 0 saturated carbocycles. The second-order valence-electron chi connectivity index (χ2n) is 15.7. The molecule has 6 nitrogen and oxygen atoms in total. The predicted octanol–water partition coefficient (Wildman–Crippen LogP) is 16.3. The van der Waals surface area contributed by atoms with E-state index in [1.165, 1.54) is 51.4 Å². The quantitative estimate of drug-likeness (QED) is 0.0200. The van der Waals surface area contributed by atoms with Crippen LogP contribution in [0.4, 0.5) is 0 Å². The Hall–Kier alpha value is -4.45. The van der Waals surface area contributed by atoms with Crippen molar-refractivity contribution in [2.45, 2.75) is 194 Å². The lowest BCUT2D eigenvalue weighted by Gasteiger charge is -2.18. The molecule has 0 aromatic rings. The molecule has 0 aliphatic heterocycles. The van der Waals surface area contributed by atoms with Gasteiger partial charge in [-0.05, 0) is 89.9 Å². The zero-order valence-corrected chi connectivity index (χ0v) is 40.0. The minimum absolute atomic E-state index is 0.136. The molecule has 0 aliphatic carbocycles. The van der Waals surface area contributed by atoms with Gasteiger partial charge in [0.15, 0.2) is 6.10 Å². The molecule has 0 bridgehead atoms. The van der Waals surface area contributed by atoms with Crippen LogP contribution < -0.4 is 0 Å². The third kappa shape index (κ3) is 48.4. The summed E-state index contributed by atoms with van der Waals surface area (Å²) in [6.07, 6.45) is 70.3. The van der Waals surface area contributed by atoms with Crippen LogP contribution in [0.5, 0.6) is 0 Å². The zero-order chi connectivity index (χ0) is 45.8. The van der Waals surface area contributed by atoms with Crippen molar-refractivity contribution >= 4 is 17.9 Å². The first-order chi connectivity index (χ1) is 31.0. The Labute approximate surface area is 385 Å². The highest BCUT2D eigenvalue weighted by Crippen LogP contribution is 2.12. The fourth-order valence-corrected chi connectivity index (χ4v) is 6.10. The molecule has 0 radical (unpaired) electrons. The fraction of sp³-hybridized carbons (Fsp3) is 0.561. The van der Waals surface area contributed by atoms with Crippen LogP contribution in [0.15, 0.2) is 134 Å². The van der Waals surface area contributed by atoms with Crippen LogP contribution in [-0.4, -0.2) is 37.2 Å². The lowest BCUT2D eigenvalue weighted by molar-refractivity contribution is -0.166. The Bertz CT molecular complexity index is 1420. The Morgan fingerprint density at radius 1 is 0.349 bits per heavy atom. The first-order valence-electron chi connectivity index (χ1n) is 24.8. The molecular formula is C57H88O6. The second kappa shape index (κ2) is 50.2. The normalized spacial score (nSPS) is 13.3. The van der Waals surface area contributed by atoms with Gasteiger partial charge in [0.1, 0.15) is 13.2 Å². The smallest absolute Gasteiger partial charge is 0.306 e. The Morgan fingerprint density at radius 2 is 0.746 bits per heavy atom. The van der Waals surface area contributed by atoms with E-state index in [-0.39, 0.29) is 38.0 Å². The van der Waals surface area contributed by atoms with Crippen LogP contribution in [0, 0.1) is 0 Å². The van der Waals surface area contributed by atoms with Gasteiger partial charge in [-0.15, -0.1) is 0 Å². The number of allylic oxidation sites excluding steroid dienone is 22. The van der Waals surface area contributed by atoms with Gasteiger partial charge in [0.2, 0.25) is 0 Å². The monoisotopic (exact) mass is 869 g/mol. The number of hydrogen-bond acceptors (Lipinski definition) is 6. The summed E-state index contributed by atoms with van der Waals surface area (Å²) in [6.45, 7) is 6.21. The first kappa shape index (κ1) is 58.6. The summed E-state index contributed by atoms with van der Waals surface area (Å²) < 4.78 is 16.6. The predicted molar refractivity (Wildman–Crippen MR) is 269 cm³/mol. The lowest BCUT2D eigenvalue weighted by Crippen LogP contribution is -2.30. The maximum Gasteiger partial charge on any atom is 0.306 e. The molecule has 1 atom stereocenters. The summed E-state index contributed by atoms with van der Waals surface area (Å²) in [7, 11) is 0. The maximum atomic E-state index is 12.7. The first-order valence-corrected chi connectivity index (χ1v) is 24.8. The van der Waals surface area contributed by atoms with Gasteiger partial charge in [-0.25, -0.2) is 0 Å². The molecular weight excluding hydrogens is 781 g/mol. The van der Waals surface area contributed by atoms with Gasteiger partial charge >= 0.3 is 17.9 Å². The van der Waals surface area contributed by atoms with Crippen molar-refractivity contribution in [3.63, 3.8) is 0 Å². The topological polar surface area (TPSA) is 78.9 Å². The molecule has 352 valence electrons. The molecule has 0 rings (SSSR count). The molecule has 0 N–H and O–H groups in total. The Kier molecular flexibility index (Phi) is 46.7. The van der Waals surface area contributed by atoms with Gasteiger partial charge in [0.05, 0.1) is 0 Å². The number of esters is 3. The Morgan fingerprint density at radius 3 is 1.29 bits per heavy atom. The molecule has 0 heterocycles. The van der Waals surface area contributed by atoms with Gasteiger partial charge in [0, 0.05) is 19.3 Å². The van der Waals surface area contributed by atoms with Crippen molar-refractivity contribution in [1.29, 1.82) is 0 Å².